The first-order valence-electron chi connectivity index (χ1n) is 8.57. The molecule has 1 aromatic heterocycles. The Balaban J connectivity index is 1.47. The first-order valence-corrected chi connectivity index (χ1v) is 10.8. The maximum Gasteiger partial charge on any atom is 0.234 e. The van der Waals surface area contributed by atoms with Crippen molar-refractivity contribution in [2.45, 2.75) is 17.7 Å². The van der Waals surface area contributed by atoms with E-state index < -0.39 is 0 Å². The molecule has 9 heteroatoms. The van der Waals surface area contributed by atoms with Gasteiger partial charge in [-0.25, -0.2) is 9.37 Å². The molecule has 3 aromatic rings. The number of hydrogen-bond acceptors (Lipinski definition) is 5. The number of aryl methyl sites for hydroxylation is 1. The number of nitrogens with one attached hydrogen (secondary N) is 2. The second-order valence-electron chi connectivity index (χ2n) is 6.14. The number of hydrogen-bond donors (Lipinski definition) is 2. The van der Waals surface area contributed by atoms with Gasteiger partial charge in [-0.15, -0.1) is 11.3 Å². The van der Waals surface area contributed by atoms with Crippen molar-refractivity contribution in [1.29, 1.82) is 0 Å². The van der Waals surface area contributed by atoms with E-state index in [1.807, 2.05) is 0 Å². The van der Waals surface area contributed by atoms with Crippen LogP contribution in [-0.4, -0.2) is 22.6 Å². The van der Waals surface area contributed by atoms with Crippen molar-refractivity contribution in [3.05, 3.63) is 69.9 Å². The molecule has 0 fully saturated rings. The van der Waals surface area contributed by atoms with Crippen molar-refractivity contribution < 1.29 is 14.0 Å². The monoisotopic (exact) mass is 449 g/mol. The predicted molar refractivity (Wildman–Crippen MR) is 116 cm³/mol. The van der Waals surface area contributed by atoms with Gasteiger partial charge in [0.15, 0.2) is 4.34 Å². The molecule has 0 aliphatic carbocycles. The highest BCUT2D eigenvalue weighted by atomic mass is 35.5. The molecular weight excluding hydrogens is 433 g/mol. The molecule has 1 heterocycles. The molecule has 0 radical (unpaired) electrons. The quantitative estimate of drug-likeness (QED) is 0.489. The Kier molecular flexibility index (Phi) is 7.24. The van der Waals surface area contributed by atoms with Crippen LogP contribution in [0.4, 0.5) is 15.8 Å². The van der Waals surface area contributed by atoms with Crippen LogP contribution in [0.25, 0.3) is 0 Å². The number of halogens is 2. The Bertz CT molecular complexity index is 1020. The largest absolute Gasteiger partial charge is 0.326 e. The van der Waals surface area contributed by atoms with Gasteiger partial charge in [0, 0.05) is 21.8 Å². The van der Waals surface area contributed by atoms with Crippen LogP contribution >= 0.6 is 34.7 Å². The number of carbonyl (C=O) groups excluding carboxylic acids is 2. The van der Waals surface area contributed by atoms with Gasteiger partial charge in [0.2, 0.25) is 11.8 Å². The van der Waals surface area contributed by atoms with E-state index in [4.69, 9.17) is 11.6 Å². The van der Waals surface area contributed by atoms with Gasteiger partial charge in [-0.05, 0) is 48.9 Å². The molecule has 0 spiro atoms. The van der Waals surface area contributed by atoms with Crippen LogP contribution in [0.1, 0.15) is 11.3 Å². The number of thiazole rings is 1. The third-order valence-electron chi connectivity index (χ3n) is 3.78. The number of amides is 2. The number of thioether (sulfide) groups is 1. The molecule has 150 valence electrons. The lowest BCUT2D eigenvalue weighted by Gasteiger charge is -2.05. The van der Waals surface area contributed by atoms with E-state index in [2.05, 4.69) is 15.6 Å². The number of benzene rings is 2. The summed E-state index contributed by atoms with van der Waals surface area (Å²) in [5.41, 5.74) is 2.19. The fourth-order valence-electron chi connectivity index (χ4n) is 2.33. The summed E-state index contributed by atoms with van der Waals surface area (Å²) in [4.78, 5) is 28.5. The highest BCUT2D eigenvalue weighted by molar-refractivity contribution is 8.01. The Hall–Kier alpha value is -2.42. The second kappa shape index (κ2) is 9.87. The topological polar surface area (TPSA) is 71.1 Å². The van der Waals surface area contributed by atoms with Crippen LogP contribution in [0, 0.1) is 12.7 Å². The van der Waals surface area contributed by atoms with Gasteiger partial charge in [0.05, 0.1) is 17.9 Å². The van der Waals surface area contributed by atoms with Gasteiger partial charge in [-0.3, -0.25) is 9.59 Å². The summed E-state index contributed by atoms with van der Waals surface area (Å²) in [6, 6.07) is 11.4. The molecule has 2 N–H and O–H groups in total. The molecule has 0 bridgehead atoms. The molecule has 0 unspecified atom stereocenters. The lowest BCUT2D eigenvalue weighted by Crippen LogP contribution is -2.15. The van der Waals surface area contributed by atoms with E-state index in [1.54, 1.807) is 48.7 Å². The maximum absolute atomic E-state index is 13.6. The minimum Gasteiger partial charge on any atom is -0.326 e. The van der Waals surface area contributed by atoms with Crippen molar-refractivity contribution in [3.63, 3.8) is 0 Å². The molecule has 0 saturated heterocycles. The number of anilines is 2. The van der Waals surface area contributed by atoms with Crippen LogP contribution in [0.5, 0.6) is 0 Å². The summed E-state index contributed by atoms with van der Waals surface area (Å²) in [5.74, 6) is -0.611. The molecule has 3 rings (SSSR count). The highest BCUT2D eigenvalue weighted by Crippen LogP contribution is 2.23. The fourth-order valence-corrected chi connectivity index (χ4v) is 4.10. The van der Waals surface area contributed by atoms with Crippen molar-refractivity contribution in [2.24, 2.45) is 0 Å². The number of rotatable bonds is 7. The Morgan fingerprint density at radius 2 is 1.79 bits per heavy atom. The number of aromatic nitrogens is 1. The number of nitrogens with zero attached hydrogens (tertiary/aromatic N) is 1. The normalized spacial score (nSPS) is 10.6. The third-order valence-corrected chi connectivity index (χ3v) is 6.10. The summed E-state index contributed by atoms with van der Waals surface area (Å²) >= 11 is 8.48. The Morgan fingerprint density at radius 3 is 2.52 bits per heavy atom. The summed E-state index contributed by atoms with van der Waals surface area (Å²) in [6.07, 6.45) is 0.0729. The standard InChI is InChI=1S/C20H17ClFN3O2S2/c1-12-2-5-15(8-17(12)22)24-18(26)9-16-10-28-20(25-16)29-11-19(27)23-14-6-3-13(21)4-7-14/h2-8,10H,9,11H2,1H3,(H,23,27)(H,24,26). The van der Waals surface area contributed by atoms with E-state index >= 15 is 0 Å². The lowest BCUT2D eigenvalue weighted by atomic mass is 10.2. The van der Waals surface area contributed by atoms with Crippen LogP contribution in [0.2, 0.25) is 5.02 Å². The Morgan fingerprint density at radius 1 is 1.10 bits per heavy atom. The molecule has 0 saturated carbocycles. The third kappa shape index (κ3) is 6.56. The summed E-state index contributed by atoms with van der Waals surface area (Å²) in [5, 5.41) is 7.81. The molecule has 0 atom stereocenters. The van der Waals surface area contributed by atoms with E-state index in [0.717, 1.165) is 0 Å². The average Bonchev–Trinajstić information content (AvgIpc) is 3.12. The van der Waals surface area contributed by atoms with Gasteiger partial charge < -0.3 is 10.6 Å². The summed E-state index contributed by atoms with van der Waals surface area (Å²) < 4.78 is 14.3. The zero-order valence-electron chi connectivity index (χ0n) is 15.4. The molecule has 29 heavy (non-hydrogen) atoms. The van der Waals surface area contributed by atoms with E-state index in [-0.39, 0.29) is 29.8 Å². The van der Waals surface area contributed by atoms with E-state index in [1.165, 1.54) is 29.2 Å². The van der Waals surface area contributed by atoms with Gasteiger partial charge >= 0.3 is 0 Å². The van der Waals surface area contributed by atoms with Crippen LogP contribution in [0.3, 0.4) is 0 Å². The summed E-state index contributed by atoms with van der Waals surface area (Å²) in [7, 11) is 0. The molecule has 2 aromatic carbocycles. The number of carbonyl (C=O) groups is 2. The van der Waals surface area contributed by atoms with Crippen LogP contribution < -0.4 is 10.6 Å². The first kappa shape index (κ1) is 21.3. The predicted octanol–water partition coefficient (Wildman–Crippen LogP) is 5.16. The van der Waals surface area contributed by atoms with Crippen molar-refractivity contribution in [2.75, 3.05) is 16.4 Å². The minimum absolute atomic E-state index is 0.0729. The molecule has 0 aliphatic heterocycles. The maximum atomic E-state index is 13.6. The summed E-state index contributed by atoms with van der Waals surface area (Å²) in [6.45, 7) is 1.66. The molecule has 0 aliphatic rings. The zero-order chi connectivity index (χ0) is 20.8. The van der Waals surface area contributed by atoms with Gasteiger partial charge in [0.25, 0.3) is 0 Å². The van der Waals surface area contributed by atoms with Gasteiger partial charge in [-0.1, -0.05) is 29.4 Å². The zero-order valence-corrected chi connectivity index (χ0v) is 17.8. The van der Waals surface area contributed by atoms with Crippen LogP contribution in [-0.2, 0) is 16.0 Å². The smallest absolute Gasteiger partial charge is 0.234 e. The minimum atomic E-state index is -0.368. The fraction of sp³-hybridized carbons (Fsp3) is 0.150. The van der Waals surface area contributed by atoms with Crippen LogP contribution in [0.15, 0.2) is 52.2 Å². The highest BCUT2D eigenvalue weighted by Gasteiger charge is 2.11. The lowest BCUT2D eigenvalue weighted by molar-refractivity contribution is -0.116. The van der Waals surface area contributed by atoms with E-state index in [9.17, 15) is 14.0 Å². The van der Waals surface area contributed by atoms with Crippen molar-refractivity contribution >= 4 is 57.9 Å². The van der Waals surface area contributed by atoms with E-state index in [0.29, 0.717) is 32.0 Å². The first-order chi connectivity index (χ1) is 13.9. The second-order valence-corrected chi connectivity index (χ2v) is 8.65. The Labute approximate surface area is 180 Å². The molecule has 5 nitrogen and oxygen atoms in total. The van der Waals surface area contributed by atoms with Crippen molar-refractivity contribution in [3.8, 4) is 0 Å². The SMILES string of the molecule is Cc1ccc(NC(=O)Cc2csc(SCC(=O)Nc3ccc(Cl)cc3)n2)cc1F. The molecular formula is C20H17ClFN3O2S2. The average molecular weight is 450 g/mol. The molecule has 2 amide bonds. The van der Waals surface area contributed by atoms with Gasteiger partial charge in [-0.2, -0.15) is 0 Å². The van der Waals surface area contributed by atoms with Crippen molar-refractivity contribution in [1.82, 2.24) is 4.98 Å². The van der Waals surface area contributed by atoms with Gasteiger partial charge in [0.1, 0.15) is 5.82 Å².